The van der Waals surface area contributed by atoms with Gasteiger partial charge in [0.05, 0.1) is 46.2 Å². The Morgan fingerprint density at radius 3 is 1.93 bits per heavy atom. The monoisotopic (exact) mass is 665 g/mol. The largest absolute Gasteiger partial charge is 0.327 e. The Hall–Kier alpha value is -2.85. The first-order valence-electron chi connectivity index (χ1n) is 13.6. The lowest BCUT2D eigenvalue weighted by atomic mass is 10.0. The predicted octanol–water partition coefficient (Wildman–Crippen LogP) is 4.52. The molecule has 9 nitrogen and oxygen atoms in total. The van der Waals surface area contributed by atoms with Crippen molar-refractivity contribution in [3.05, 3.63) is 84.2 Å². The molecule has 0 radical (unpaired) electrons. The second kappa shape index (κ2) is 16.3. The molecule has 0 aliphatic rings. The zero-order valence-corrected chi connectivity index (χ0v) is 27.1. The average Bonchev–Trinajstić information content (AvgIpc) is 2.93. The second-order valence-corrected chi connectivity index (χ2v) is 14.7. The summed E-state index contributed by atoms with van der Waals surface area (Å²) in [5, 5.41) is 13.0. The lowest BCUT2D eigenvalue weighted by Crippen LogP contribution is -2.45. The van der Waals surface area contributed by atoms with Gasteiger partial charge in [-0.15, -0.1) is 24.8 Å². The Kier molecular flexibility index (Phi) is 13.8. The van der Waals surface area contributed by atoms with Crippen molar-refractivity contribution in [3.8, 4) is 6.07 Å². The molecule has 43 heavy (non-hydrogen) atoms. The van der Waals surface area contributed by atoms with Crippen molar-refractivity contribution >= 4 is 66.3 Å². The van der Waals surface area contributed by atoms with Crippen LogP contribution in [0.2, 0.25) is 0 Å². The van der Waals surface area contributed by atoms with E-state index in [2.05, 4.69) is 15.3 Å². The molecule has 3 N–H and O–H groups in total. The SMILES string of the molecule is CC[C@H](NCC#N)C(CC[C@H](N)CS(=O)(=O)Cc1cnc2ccccc2c1)S(=O)(=O)Cc1cnc2ccccc2c1.Cl.Cl. The van der Waals surface area contributed by atoms with E-state index in [1.54, 1.807) is 12.4 Å². The van der Waals surface area contributed by atoms with E-state index in [0.717, 1.165) is 21.8 Å². The van der Waals surface area contributed by atoms with Crippen LogP contribution >= 0.6 is 24.8 Å². The van der Waals surface area contributed by atoms with Crippen LogP contribution < -0.4 is 11.1 Å². The second-order valence-electron chi connectivity index (χ2n) is 10.4. The Morgan fingerprint density at radius 2 is 1.40 bits per heavy atom. The molecule has 2 aromatic carbocycles. The normalized spacial score (nSPS) is 13.8. The molecule has 0 spiro atoms. The number of hydrogen-bond donors (Lipinski definition) is 2. The molecular formula is C30H37Cl2N5O4S2. The molecular weight excluding hydrogens is 629 g/mol. The fourth-order valence-corrected chi connectivity index (χ4v) is 8.90. The number of halogens is 2. The van der Waals surface area contributed by atoms with Crippen molar-refractivity contribution in [2.75, 3.05) is 12.3 Å². The van der Waals surface area contributed by atoms with Gasteiger partial charge in [0.15, 0.2) is 19.7 Å². The minimum atomic E-state index is -3.72. The van der Waals surface area contributed by atoms with Gasteiger partial charge in [-0.3, -0.25) is 9.97 Å². The third-order valence-electron chi connectivity index (χ3n) is 7.13. The lowest BCUT2D eigenvalue weighted by molar-refractivity contribution is 0.445. The van der Waals surface area contributed by atoms with E-state index >= 15 is 0 Å². The standard InChI is InChI=1S/C30H35N5O4S2.2ClH/c1-2-27(33-14-13-31)30(41(38,39)20-23-16-25-8-4-6-10-29(25)35-18-23)12-11-26(32)21-40(36,37)19-22-15-24-7-3-5-9-28(24)34-17-22;;/h3-10,15-18,26-27,30,33H,2,11-12,14,19-21,32H2,1H3;2*1H/t26-,27-,30?;;/m0../s1. The first-order valence-corrected chi connectivity index (χ1v) is 17.1. The van der Waals surface area contributed by atoms with Crippen LogP contribution in [0.25, 0.3) is 21.8 Å². The summed E-state index contributed by atoms with van der Waals surface area (Å²) in [6, 6.07) is 19.4. The molecule has 0 saturated carbocycles. The highest BCUT2D eigenvalue weighted by Gasteiger charge is 2.33. The molecule has 2 heterocycles. The Bertz CT molecular complexity index is 1770. The van der Waals surface area contributed by atoms with Crippen molar-refractivity contribution in [2.24, 2.45) is 5.73 Å². The molecule has 13 heteroatoms. The molecule has 0 fully saturated rings. The maximum atomic E-state index is 13.7. The summed E-state index contributed by atoms with van der Waals surface area (Å²) in [7, 11) is -7.30. The predicted molar refractivity (Wildman–Crippen MR) is 177 cm³/mol. The highest BCUT2D eigenvalue weighted by atomic mass is 35.5. The van der Waals surface area contributed by atoms with Gasteiger partial charge in [0, 0.05) is 35.2 Å². The summed E-state index contributed by atoms with van der Waals surface area (Å²) in [6.45, 7) is 1.86. The number of sulfone groups is 2. The van der Waals surface area contributed by atoms with Gasteiger partial charge in [-0.25, -0.2) is 16.8 Å². The Labute approximate surface area is 266 Å². The topological polar surface area (TPSA) is 156 Å². The maximum Gasteiger partial charge on any atom is 0.158 e. The molecule has 0 amide bonds. The lowest BCUT2D eigenvalue weighted by Gasteiger charge is -2.27. The number of aromatic nitrogens is 2. The minimum Gasteiger partial charge on any atom is -0.327 e. The fourth-order valence-electron chi connectivity index (χ4n) is 5.18. The van der Waals surface area contributed by atoms with Crippen LogP contribution in [0.1, 0.15) is 37.3 Å². The highest BCUT2D eigenvalue weighted by molar-refractivity contribution is 7.91. The van der Waals surface area contributed by atoms with E-state index in [-0.39, 0.29) is 61.5 Å². The Morgan fingerprint density at radius 1 is 0.860 bits per heavy atom. The van der Waals surface area contributed by atoms with Crippen molar-refractivity contribution < 1.29 is 16.8 Å². The van der Waals surface area contributed by atoms with E-state index in [4.69, 9.17) is 11.0 Å². The summed E-state index contributed by atoms with van der Waals surface area (Å²) in [5.41, 5.74) is 8.99. The number of nitriles is 1. The molecule has 4 rings (SSSR count). The van der Waals surface area contributed by atoms with Gasteiger partial charge in [-0.05, 0) is 54.7 Å². The smallest absolute Gasteiger partial charge is 0.158 e. The molecule has 0 saturated heterocycles. The van der Waals surface area contributed by atoms with Crippen LogP contribution in [-0.2, 0) is 31.2 Å². The van der Waals surface area contributed by atoms with Crippen LogP contribution in [0.4, 0.5) is 0 Å². The van der Waals surface area contributed by atoms with Crippen LogP contribution in [0.5, 0.6) is 0 Å². The summed E-state index contributed by atoms with van der Waals surface area (Å²) in [6.07, 6.45) is 3.96. The number of benzene rings is 2. The van der Waals surface area contributed by atoms with E-state index in [0.29, 0.717) is 17.5 Å². The fraction of sp³-hybridized carbons (Fsp3) is 0.367. The van der Waals surface area contributed by atoms with E-state index in [9.17, 15) is 16.8 Å². The summed E-state index contributed by atoms with van der Waals surface area (Å²) < 4.78 is 53.4. The number of hydrogen-bond acceptors (Lipinski definition) is 9. The van der Waals surface area contributed by atoms with Crippen LogP contribution in [0.3, 0.4) is 0 Å². The summed E-state index contributed by atoms with van der Waals surface area (Å²) in [5.74, 6) is -0.692. The van der Waals surface area contributed by atoms with Crippen molar-refractivity contribution in [1.82, 2.24) is 15.3 Å². The first-order chi connectivity index (χ1) is 19.6. The highest BCUT2D eigenvalue weighted by Crippen LogP contribution is 2.23. The molecule has 0 aliphatic heterocycles. The van der Waals surface area contributed by atoms with Gasteiger partial charge in [0.2, 0.25) is 0 Å². The third-order valence-corrected chi connectivity index (χ3v) is 11.1. The van der Waals surface area contributed by atoms with Crippen molar-refractivity contribution in [3.63, 3.8) is 0 Å². The van der Waals surface area contributed by atoms with Crippen LogP contribution in [0.15, 0.2) is 73.1 Å². The van der Waals surface area contributed by atoms with Crippen LogP contribution in [-0.4, -0.2) is 56.4 Å². The maximum absolute atomic E-state index is 13.7. The van der Waals surface area contributed by atoms with Crippen molar-refractivity contribution in [1.29, 1.82) is 5.26 Å². The third kappa shape index (κ3) is 10.1. The van der Waals surface area contributed by atoms with Gasteiger partial charge >= 0.3 is 0 Å². The van der Waals surface area contributed by atoms with Gasteiger partial charge in [0.25, 0.3) is 0 Å². The molecule has 0 aliphatic carbocycles. The number of pyridine rings is 2. The Balaban J connectivity index is 0.00000323. The molecule has 4 aromatic rings. The molecule has 1 unspecified atom stereocenters. The number of para-hydroxylation sites is 2. The molecule has 232 valence electrons. The van der Waals surface area contributed by atoms with Crippen LogP contribution in [0, 0.1) is 11.3 Å². The number of nitrogens with two attached hydrogens (primary N) is 1. The van der Waals surface area contributed by atoms with Gasteiger partial charge < -0.3 is 11.1 Å². The van der Waals surface area contributed by atoms with Gasteiger partial charge in [-0.1, -0.05) is 43.3 Å². The number of nitrogens with zero attached hydrogens (tertiary/aromatic N) is 3. The number of nitrogens with one attached hydrogen (secondary N) is 1. The summed E-state index contributed by atoms with van der Waals surface area (Å²) in [4.78, 5) is 8.73. The van der Waals surface area contributed by atoms with Crippen molar-refractivity contribution in [2.45, 2.75) is 55.0 Å². The van der Waals surface area contributed by atoms with Gasteiger partial charge in [0.1, 0.15) is 0 Å². The molecule has 0 bridgehead atoms. The van der Waals surface area contributed by atoms with Gasteiger partial charge in [-0.2, -0.15) is 5.26 Å². The zero-order chi connectivity index (χ0) is 29.5. The van der Waals surface area contributed by atoms with E-state index in [1.807, 2.05) is 73.7 Å². The number of rotatable bonds is 14. The quantitative estimate of drug-likeness (QED) is 0.185. The number of fused-ring (bicyclic) bond motifs is 2. The average molecular weight is 667 g/mol. The van der Waals surface area contributed by atoms with E-state index < -0.39 is 37.0 Å². The minimum absolute atomic E-state index is 0. The zero-order valence-electron chi connectivity index (χ0n) is 23.8. The van der Waals surface area contributed by atoms with E-state index in [1.165, 1.54) is 0 Å². The first kappa shape index (κ1) is 36.3. The molecule has 2 aromatic heterocycles. The molecule has 3 atom stereocenters. The summed E-state index contributed by atoms with van der Waals surface area (Å²) >= 11 is 0.